The number of esters is 1. The molecule has 1 N–H and O–H groups in total. The van der Waals surface area contributed by atoms with E-state index in [1.54, 1.807) is 12.1 Å². The SMILES string of the molecule is COC(=O)c1cccc(Nc2c(CCc3ccc(C(C)(C)C)cc3)nc3ccccn23)c1. The van der Waals surface area contributed by atoms with Gasteiger partial charge in [-0.15, -0.1) is 0 Å². The third kappa shape index (κ3) is 4.67. The van der Waals surface area contributed by atoms with Crippen molar-refractivity contribution in [3.05, 3.63) is 95.3 Å². The lowest BCUT2D eigenvalue weighted by atomic mass is 9.86. The van der Waals surface area contributed by atoms with Crippen LogP contribution >= 0.6 is 0 Å². The minimum absolute atomic E-state index is 0.149. The quantitative estimate of drug-likeness (QED) is 0.387. The molecule has 5 nitrogen and oxygen atoms in total. The van der Waals surface area contributed by atoms with Gasteiger partial charge < -0.3 is 10.1 Å². The number of hydrogen-bond donors (Lipinski definition) is 1. The van der Waals surface area contributed by atoms with E-state index >= 15 is 0 Å². The lowest BCUT2D eigenvalue weighted by Gasteiger charge is -2.19. The molecular formula is C27H29N3O2. The highest BCUT2D eigenvalue weighted by molar-refractivity contribution is 5.90. The normalized spacial score (nSPS) is 11.5. The summed E-state index contributed by atoms with van der Waals surface area (Å²) in [6, 6.07) is 22.1. The molecule has 4 rings (SSSR count). The first-order chi connectivity index (χ1) is 15.3. The molecule has 32 heavy (non-hydrogen) atoms. The number of hydrogen-bond acceptors (Lipinski definition) is 4. The van der Waals surface area contributed by atoms with E-state index in [-0.39, 0.29) is 11.4 Å². The van der Waals surface area contributed by atoms with Crippen molar-refractivity contribution in [3.63, 3.8) is 0 Å². The van der Waals surface area contributed by atoms with E-state index in [0.717, 1.165) is 35.7 Å². The Hall–Kier alpha value is -3.60. The predicted octanol–water partition coefficient (Wildman–Crippen LogP) is 5.95. The number of anilines is 2. The molecule has 0 fully saturated rings. The van der Waals surface area contributed by atoms with Crippen LogP contribution in [0.4, 0.5) is 11.5 Å². The highest BCUT2D eigenvalue weighted by Gasteiger charge is 2.15. The summed E-state index contributed by atoms with van der Waals surface area (Å²) in [7, 11) is 1.39. The Bertz CT molecular complexity index is 1230. The van der Waals surface area contributed by atoms with Gasteiger partial charge in [-0.2, -0.15) is 0 Å². The molecule has 0 radical (unpaired) electrons. The summed E-state index contributed by atoms with van der Waals surface area (Å²) < 4.78 is 6.90. The number of fused-ring (bicyclic) bond motifs is 1. The van der Waals surface area contributed by atoms with Crippen LogP contribution in [0.1, 0.15) is 48.0 Å². The Kier molecular flexibility index (Phi) is 5.99. The highest BCUT2D eigenvalue weighted by Crippen LogP contribution is 2.26. The molecule has 2 aromatic carbocycles. The zero-order valence-electron chi connectivity index (χ0n) is 19.1. The smallest absolute Gasteiger partial charge is 0.337 e. The summed E-state index contributed by atoms with van der Waals surface area (Å²) in [5.41, 5.74) is 5.96. The fraction of sp³-hybridized carbons (Fsp3) is 0.259. The predicted molar refractivity (Wildman–Crippen MR) is 129 cm³/mol. The van der Waals surface area contributed by atoms with Crippen molar-refractivity contribution in [2.24, 2.45) is 0 Å². The van der Waals surface area contributed by atoms with Crippen molar-refractivity contribution < 1.29 is 9.53 Å². The molecule has 0 unspecified atom stereocenters. The molecule has 0 aliphatic rings. The zero-order valence-corrected chi connectivity index (χ0v) is 19.1. The van der Waals surface area contributed by atoms with Gasteiger partial charge in [0.2, 0.25) is 0 Å². The van der Waals surface area contributed by atoms with Crippen LogP contribution in [-0.4, -0.2) is 22.5 Å². The number of nitrogens with one attached hydrogen (secondary N) is 1. The van der Waals surface area contributed by atoms with E-state index in [1.807, 2.05) is 40.9 Å². The number of imidazole rings is 1. The van der Waals surface area contributed by atoms with Gasteiger partial charge in [0.15, 0.2) is 0 Å². The molecule has 0 spiro atoms. The second kappa shape index (κ2) is 8.87. The fourth-order valence-corrected chi connectivity index (χ4v) is 3.76. The third-order valence-electron chi connectivity index (χ3n) is 5.62. The molecule has 4 aromatic rings. The van der Waals surface area contributed by atoms with E-state index in [1.165, 1.54) is 18.2 Å². The van der Waals surface area contributed by atoms with Crippen molar-refractivity contribution in [1.82, 2.24) is 9.38 Å². The highest BCUT2D eigenvalue weighted by atomic mass is 16.5. The van der Waals surface area contributed by atoms with Gasteiger partial charge in [0, 0.05) is 11.9 Å². The lowest BCUT2D eigenvalue weighted by Crippen LogP contribution is -2.10. The number of pyridine rings is 1. The molecule has 0 saturated carbocycles. The summed E-state index contributed by atoms with van der Waals surface area (Å²) in [5.74, 6) is 0.555. The van der Waals surface area contributed by atoms with Gasteiger partial charge in [0.1, 0.15) is 11.5 Å². The largest absolute Gasteiger partial charge is 0.465 e. The molecule has 0 bridgehead atoms. The van der Waals surface area contributed by atoms with Crippen molar-refractivity contribution in [3.8, 4) is 0 Å². The van der Waals surface area contributed by atoms with Crippen LogP contribution in [-0.2, 0) is 23.0 Å². The average molecular weight is 428 g/mol. The number of aromatic nitrogens is 2. The third-order valence-corrected chi connectivity index (χ3v) is 5.62. The Morgan fingerprint density at radius 1 is 1.00 bits per heavy atom. The zero-order chi connectivity index (χ0) is 22.7. The van der Waals surface area contributed by atoms with Crippen LogP contribution < -0.4 is 5.32 Å². The second-order valence-electron chi connectivity index (χ2n) is 8.98. The molecule has 5 heteroatoms. The lowest BCUT2D eigenvalue weighted by molar-refractivity contribution is 0.0601. The number of nitrogens with zero attached hydrogens (tertiary/aromatic N) is 2. The van der Waals surface area contributed by atoms with Gasteiger partial charge in [0.05, 0.1) is 18.4 Å². The van der Waals surface area contributed by atoms with Gasteiger partial charge in [-0.1, -0.05) is 57.2 Å². The van der Waals surface area contributed by atoms with Gasteiger partial charge >= 0.3 is 5.97 Å². The van der Waals surface area contributed by atoms with E-state index in [2.05, 4.69) is 50.4 Å². The second-order valence-corrected chi connectivity index (χ2v) is 8.98. The topological polar surface area (TPSA) is 55.6 Å². The maximum absolute atomic E-state index is 11.9. The van der Waals surface area contributed by atoms with Crippen LogP contribution in [0.25, 0.3) is 5.65 Å². The van der Waals surface area contributed by atoms with E-state index in [4.69, 9.17) is 9.72 Å². The van der Waals surface area contributed by atoms with Crippen LogP contribution in [0.2, 0.25) is 0 Å². The van der Waals surface area contributed by atoms with E-state index in [9.17, 15) is 4.79 Å². The summed E-state index contributed by atoms with van der Waals surface area (Å²) in [6.07, 6.45) is 3.69. The van der Waals surface area contributed by atoms with E-state index in [0.29, 0.717) is 5.56 Å². The molecule has 164 valence electrons. The number of ether oxygens (including phenoxy) is 1. The van der Waals surface area contributed by atoms with Crippen LogP contribution in [0, 0.1) is 0 Å². The molecule has 2 aromatic heterocycles. The number of rotatable bonds is 6. The maximum atomic E-state index is 11.9. The fourth-order valence-electron chi connectivity index (χ4n) is 3.76. The van der Waals surface area contributed by atoms with Crippen LogP contribution in [0.5, 0.6) is 0 Å². The number of carbonyl (C=O) groups is 1. The summed E-state index contributed by atoms with van der Waals surface area (Å²) >= 11 is 0. The average Bonchev–Trinajstić information content (AvgIpc) is 3.14. The Balaban J connectivity index is 1.60. The van der Waals surface area contributed by atoms with E-state index < -0.39 is 0 Å². The van der Waals surface area contributed by atoms with Crippen LogP contribution in [0.15, 0.2) is 72.9 Å². The first-order valence-electron chi connectivity index (χ1n) is 10.9. The van der Waals surface area contributed by atoms with Gasteiger partial charge in [-0.3, -0.25) is 4.40 Å². The van der Waals surface area contributed by atoms with Gasteiger partial charge in [-0.05, 0) is 59.7 Å². The monoisotopic (exact) mass is 427 g/mol. The Morgan fingerprint density at radius 3 is 2.50 bits per heavy atom. The van der Waals surface area contributed by atoms with Gasteiger partial charge in [0.25, 0.3) is 0 Å². The summed E-state index contributed by atoms with van der Waals surface area (Å²) in [5, 5.41) is 3.47. The number of carbonyl (C=O) groups excluding carboxylic acids is 1. The molecule has 0 atom stereocenters. The first-order valence-corrected chi connectivity index (χ1v) is 10.9. The molecule has 2 heterocycles. The molecule has 0 aliphatic heterocycles. The standard InChI is InChI=1S/C27H29N3O2/c1-27(2,3)21-14-11-19(12-15-21)13-16-23-25(30-17-6-5-10-24(30)29-23)28-22-9-7-8-20(18-22)26(31)32-4/h5-12,14-15,17-18,28H,13,16H2,1-4H3. The molecule has 0 saturated heterocycles. The molecular weight excluding hydrogens is 398 g/mol. The van der Waals surface area contributed by atoms with Crippen molar-refractivity contribution >= 4 is 23.1 Å². The van der Waals surface area contributed by atoms with Crippen molar-refractivity contribution in [2.45, 2.75) is 39.0 Å². The summed E-state index contributed by atoms with van der Waals surface area (Å²) in [6.45, 7) is 6.68. The van der Waals surface area contributed by atoms with Crippen molar-refractivity contribution in [1.29, 1.82) is 0 Å². The minimum Gasteiger partial charge on any atom is -0.465 e. The van der Waals surface area contributed by atoms with Crippen molar-refractivity contribution in [2.75, 3.05) is 12.4 Å². The Labute approximate surface area is 189 Å². The first kappa shape index (κ1) is 21.6. The summed E-state index contributed by atoms with van der Waals surface area (Å²) in [4.78, 5) is 16.8. The molecule has 0 amide bonds. The number of aryl methyl sites for hydroxylation is 2. The number of benzene rings is 2. The number of methoxy groups -OCH3 is 1. The molecule has 0 aliphatic carbocycles. The van der Waals surface area contributed by atoms with Crippen LogP contribution in [0.3, 0.4) is 0 Å². The maximum Gasteiger partial charge on any atom is 0.337 e. The minimum atomic E-state index is -0.356. The Morgan fingerprint density at radius 2 is 1.78 bits per heavy atom. The van der Waals surface area contributed by atoms with Gasteiger partial charge in [-0.25, -0.2) is 9.78 Å².